The molecular formula is C15H25N3O. The Morgan fingerprint density at radius 3 is 3.16 bits per heavy atom. The third kappa shape index (κ3) is 4.39. The van der Waals surface area contributed by atoms with Crippen molar-refractivity contribution in [1.29, 1.82) is 0 Å². The third-order valence-corrected chi connectivity index (χ3v) is 3.84. The van der Waals surface area contributed by atoms with Gasteiger partial charge in [-0.3, -0.25) is 0 Å². The topological polar surface area (TPSA) is 37.4 Å². The van der Waals surface area contributed by atoms with Gasteiger partial charge in [-0.15, -0.1) is 0 Å². The zero-order valence-electron chi connectivity index (χ0n) is 12.1. The fraction of sp³-hybridized carbons (Fsp3) is 0.667. The summed E-state index contributed by atoms with van der Waals surface area (Å²) in [7, 11) is 1.64. The first kappa shape index (κ1) is 14.1. The van der Waals surface area contributed by atoms with Crippen molar-refractivity contribution in [2.45, 2.75) is 38.6 Å². The standard InChI is InChI=1S/C15H25N3O/c1-13-6-3-4-10-18(13)11-5-8-16-14-7-9-17-15(12-14)19-2/h7,9,12-13H,3-6,8,10-11H2,1-2H3,(H,16,17). The molecular weight excluding hydrogens is 238 g/mol. The van der Waals surface area contributed by atoms with Gasteiger partial charge in [0, 0.05) is 37.1 Å². The first-order chi connectivity index (χ1) is 9.29. The number of aromatic nitrogens is 1. The summed E-state index contributed by atoms with van der Waals surface area (Å²) in [5, 5.41) is 3.43. The van der Waals surface area contributed by atoms with Crippen LogP contribution in [0, 0.1) is 0 Å². The highest BCUT2D eigenvalue weighted by atomic mass is 16.5. The third-order valence-electron chi connectivity index (χ3n) is 3.84. The zero-order valence-corrected chi connectivity index (χ0v) is 12.1. The van der Waals surface area contributed by atoms with Gasteiger partial charge in [0.05, 0.1) is 7.11 Å². The molecule has 2 heterocycles. The van der Waals surface area contributed by atoms with E-state index in [0.29, 0.717) is 5.88 Å². The van der Waals surface area contributed by atoms with Crippen LogP contribution in [0.1, 0.15) is 32.6 Å². The van der Waals surface area contributed by atoms with Crippen molar-refractivity contribution in [1.82, 2.24) is 9.88 Å². The summed E-state index contributed by atoms with van der Waals surface area (Å²) in [6.07, 6.45) is 7.06. The number of hydrogen-bond acceptors (Lipinski definition) is 4. The van der Waals surface area contributed by atoms with Crippen LogP contribution in [-0.4, -0.2) is 42.7 Å². The maximum absolute atomic E-state index is 5.11. The van der Waals surface area contributed by atoms with Crippen molar-refractivity contribution >= 4 is 5.69 Å². The molecule has 1 unspecified atom stereocenters. The number of nitrogens with one attached hydrogen (secondary N) is 1. The van der Waals surface area contributed by atoms with Crippen LogP contribution in [0.5, 0.6) is 5.88 Å². The summed E-state index contributed by atoms with van der Waals surface area (Å²) < 4.78 is 5.11. The van der Waals surface area contributed by atoms with Crippen molar-refractivity contribution in [2.75, 3.05) is 32.1 Å². The van der Waals surface area contributed by atoms with E-state index in [1.807, 2.05) is 12.1 Å². The first-order valence-electron chi connectivity index (χ1n) is 7.27. The average Bonchev–Trinajstić information content (AvgIpc) is 2.45. The summed E-state index contributed by atoms with van der Waals surface area (Å²) >= 11 is 0. The molecule has 0 aromatic carbocycles. The summed E-state index contributed by atoms with van der Waals surface area (Å²) in [5.41, 5.74) is 1.08. The summed E-state index contributed by atoms with van der Waals surface area (Å²) in [5.74, 6) is 0.662. The van der Waals surface area contributed by atoms with E-state index in [-0.39, 0.29) is 0 Å². The van der Waals surface area contributed by atoms with Crippen molar-refractivity contribution in [3.63, 3.8) is 0 Å². The lowest BCUT2D eigenvalue weighted by molar-refractivity contribution is 0.160. The van der Waals surface area contributed by atoms with E-state index in [1.165, 1.54) is 38.8 Å². The molecule has 1 aliphatic rings. The second kappa shape index (κ2) is 7.34. The van der Waals surface area contributed by atoms with Gasteiger partial charge in [-0.25, -0.2) is 4.98 Å². The number of hydrogen-bond donors (Lipinski definition) is 1. The van der Waals surface area contributed by atoms with Crippen LogP contribution in [0.25, 0.3) is 0 Å². The predicted molar refractivity (Wildman–Crippen MR) is 78.8 cm³/mol. The summed E-state index contributed by atoms with van der Waals surface area (Å²) in [6.45, 7) is 5.80. The number of pyridine rings is 1. The lowest BCUT2D eigenvalue weighted by Gasteiger charge is -2.33. The number of rotatable bonds is 6. The molecule has 4 heteroatoms. The van der Waals surface area contributed by atoms with E-state index in [0.717, 1.165) is 18.3 Å². The van der Waals surface area contributed by atoms with Gasteiger partial charge in [0.2, 0.25) is 5.88 Å². The summed E-state index contributed by atoms with van der Waals surface area (Å²) in [6, 6.07) is 4.67. The Balaban J connectivity index is 1.68. The zero-order chi connectivity index (χ0) is 13.5. The molecule has 0 bridgehead atoms. The van der Waals surface area contributed by atoms with Crippen LogP contribution in [-0.2, 0) is 0 Å². The number of anilines is 1. The van der Waals surface area contributed by atoms with Crippen LogP contribution in [0.4, 0.5) is 5.69 Å². The molecule has 0 saturated carbocycles. The fourth-order valence-electron chi connectivity index (χ4n) is 2.64. The molecule has 1 aromatic heterocycles. The molecule has 4 nitrogen and oxygen atoms in total. The molecule has 1 fully saturated rings. The molecule has 1 saturated heterocycles. The number of methoxy groups -OCH3 is 1. The van der Waals surface area contributed by atoms with Gasteiger partial charge in [-0.2, -0.15) is 0 Å². The second-order valence-electron chi connectivity index (χ2n) is 5.25. The Bertz CT molecular complexity index is 383. The quantitative estimate of drug-likeness (QED) is 0.801. The predicted octanol–water partition coefficient (Wildman–Crippen LogP) is 2.77. The smallest absolute Gasteiger partial charge is 0.214 e. The highest BCUT2D eigenvalue weighted by Gasteiger charge is 2.16. The Morgan fingerprint density at radius 1 is 1.47 bits per heavy atom. The minimum atomic E-state index is 0.662. The van der Waals surface area contributed by atoms with E-state index in [1.54, 1.807) is 13.3 Å². The maximum atomic E-state index is 5.11. The van der Waals surface area contributed by atoms with Crippen LogP contribution < -0.4 is 10.1 Å². The normalized spacial score (nSPS) is 20.2. The lowest BCUT2D eigenvalue weighted by Crippen LogP contribution is -2.38. The monoisotopic (exact) mass is 263 g/mol. The highest BCUT2D eigenvalue weighted by molar-refractivity contribution is 5.44. The van der Waals surface area contributed by atoms with Crippen molar-refractivity contribution in [3.8, 4) is 5.88 Å². The van der Waals surface area contributed by atoms with Gasteiger partial charge < -0.3 is 15.0 Å². The Labute approximate surface area is 116 Å². The number of nitrogens with zero attached hydrogens (tertiary/aromatic N) is 2. The van der Waals surface area contributed by atoms with Gasteiger partial charge in [-0.05, 0) is 38.8 Å². The van der Waals surface area contributed by atoms with Crippen LogP contribution in [0.2, 0.25) is 0 Å². The van der Waals surface area contributed by atoms with Gasteiger partial charge in [-0.1, -0.05) is 6.42 Å². The van der Waals surface area contributed by atoms with Gasteiger partial charge in [0.25, 0.3) is 0 Å². The molecule has 0 radical (unpaired) electrons. The van der Waals surface area contributed by atoms with E-state index in [4.69, 9.17) is 4.74 Å². The molecule has 1 aromatic rings. The molecule has 1 N–H and O–H groups in total. The molecule has 2 rings (SSSR count). The molecule has 106 valence electrons. The minimum absolute atomic E-state index is 0.662. The fourth-order valence-corrected chi connectivity index (χ4v) is 2.64. The lowest BCUT2D eigenvalue weighted by atomic mass is 10.0. The SMILES string of the molecule is COc1cc(NCCCN2CCCCC2C)ccn1. The van der Waals surface area contributed by atoms with E-state index >= 15 is 0 Å². The van der Waals surface area contributed by atoms with Crippen molar-refractivity contribution < 1.29 is 4.74 Å². The molecule has 0 aliphatic carbocycles. The maximum Gasteiger partial charge on any atom is 0.214 e. The van der Waals surface area contributed by atoms with Crippen LogP contribution in [0.3, 0.4) is 0 Å². The molecule has 19 heavy (non-hydrogen) atoms. The Kier molecular flexibility index (Phi) is 5.45. The Hall–Kier alpha value is -1.29. The van der Waals surface area contributed by atoms with Gasteiger partial charge in [0.1, 0.15) is 0 Å². The van der Waals surface area contributed by atoms with Crippen molar-refractivity contribution in [3.05, 3.63) is 18.3 Å². The van der Waals surface area contributed by atoms with Gasteiger partial charge in [0.15, 0.2) is 0 Å². The molecule has 0 spiro atoms. The van der Waals surface area contributed by atoms with E-state index in [9.17, 15) is 0 Å². The number of likely N-dealkylation sites (tertiary alicyclic amines) is 1. The molecule has 0 amide bonds. The van der Waals surface area contributed by atoms with Crippen LogP contribution >= 0.6 is 0 Å². The number of piperidine rings is 1. The minimum Gasteiger partial charge on any atom is -0.481 e. The number of ether oxygens (including phenoxy) is 1. The Morgan fingerprint density at radius 2 is 2.37 bits per heavy atom. The van der Waals surface area contributed by atoms with Crippen LogP contribution in [0.15, 0.2) is 18.3 Å². The first-order valence-corrected chi connectivity index (χ1v) is 7.27. The second-order valence-corrected chi connectivity index (χ2v) is 5.25. The van der Waals surface area contributed by atoms with Gasteiger partial charge >= 0.3 is 0 Å². The molecule has 1 atom stereocenters. The van der Waals surface area contributed by atoms with E-state index < -0.39 is 0 Å². The summed E-state index contributed by atoms with van der Waals surface area (Å²) in [4.78, 5) is 6.71. The van der Waals surface area contributed by atoms with E-state index in [2.05, 4.69) is 22.1 Å². The van der Waals surface area contributed by atoms with Crippen molar-refractivity contribution in [2.24, 2.45) is 0 Å². The molecule has 1 aliphatic heterocycles. The largest absolute Gasteiger partial charge is 0.481 e. The average molecular weight is 263 g/mol. The highest BCUT2D eigenvalue weighted by Crippen LogP contribution is 2.17.